The van der Waals surface area contributed by atoms with E-state index in [-0.39, 0.29) is 17.7 Å². The normalized spacial score (nSPS) is 10.7. The van der Waals surface area contributed by atoms with Gasteiger partial charge in [0, 0.05) is 17.7 Å². The number of hydrogen-bond acceptors (Lipinski definition) is 2. The van der Waals surface area contributed by atoms with Gasteiger partial charge in [0.2, 0.25) is 0 Å². The van der Waals surface area contributed by atoms with Crippen LogP contribution in [-0.4, -0.2) is 6.29 Å². The van der Waals surface area contributed by atoms with E-state index in [9.17, 15) is 13.6 Å². The largest absolute Gasteiger partial charge is 0.399 e. The standard InChI is InChI=1S/C10H9F2NO/c11-9-5-7(13)6-10(12)8(9)3-1-2-4-14/h1,3-6H,2,13H2. The van der Waals surface area contributed by atoms with Crippen LogP contribution in [0.4, 0.5) is 14.5 Å². The second-order valence-corrected chi connectivity index (χ2v) is 2.70. The van der Waals surface area contributed by atoms with Gasteiger partial charge in [0.1, 0.15) is 17.9 Å². The average Bonchev–Trinajstić information content (AvgIpc) is 2.09. The third kappa shape index (κ3) is 2.39. The summed E-state index contributed by atoms with van der Waals surface area (Å²) in [7, 11) is 0. The van der Waals surface area contributed by atoms with Crippen molar-refractivity contribution >= 4 is 18.0 Å². The fourth-order valence-electron chi connectivity index (χ4n) is 1.00. The number of carbonyl (C=O) groups excluding carboxylic acids is 1. The minimum absolute atomic E-state index is 0.0348. The van der Waals surface area contributed by atoms with Crippen LogP contribution in [0.15, 0.2) is 18.2 Å². The van der Waals surface area contributed by atoms with Gasteiger partial charge in [-0.25, -0.2) is 8.78 Å². The summed E-state index contributed by atoms with van der Waals surface area (Å²) in [6.07, 6.45) is 3.37. The van der Waals surface area contributed by atoms with Gasteiger partial charge in [0.05, 0.1) is 0 Å². The van der Waals surface area contributed by atoms with Crippen molar-refractivity contribution in [2.24, 2.45) is 0 Å². The summed E-state index contributed by atoms with van der Waals surface area (Å²) in [5, 5.41) is 0. The molecule has 0 radical (unpaired) electrons. The monoisotopic (exact) mass is 197 g/mol. The Bertz CT molecular complexity index is 351. The van der Waals surface area contributed by atoms with Crippen LogP contribution in [0.2, 0.25) is 0 Å². The van der Waals surface area contributed by atoms with Gasteiger partial charge in [-0.05, 0) is 12.1 Å². The van der Waals surface area contributed by atoms with Crippen LogP contribution >= 0.6 is 0 Å². The molecule has 1 rings (SSSR count). The minimum atomic E-state index is -0.732. The first kappa shape index (κ1) is 10.4. The molecule has 4 heteroatoms. The van der Waals surface area contributed by atoms with E-state index < -0.39 is 11.6 Å². The third-order valence-corrected chi connectivity index (χ3v) is 1.62. The molecule has 0 atom stereocenters. The topological polar surface area (TPSA) is 43.1 Å². The maximum atomic E-state index is 13.1. The van der Waals surface area contributed by atoms with Crippen molar-refractivity contribution in [1.82, 2.24) is 0 Å². The van der Waals surface area contributed by atoms with E-state index in [4.69, 9.17) is 5.73 Å². The number of aldehydes is 1. The van der Waals surface area contributed by atoms with Crippen LogP contribution in [-0.2, 0) is 4.79 Å². The van der Waals surface area contributed by atoms with E-state index in [2.05, 4.69) is 0 Å². The van der Waals surface area contributed by atoms with Crippen molar-refractivity contribution in [1.29, 1.82) is 0 Å². The minimum Gasteiger partial charge on any atom is -0.399 e. The van der Waals surface area contributed by atoms with E-state index in [1.165, 1.54) is 12.2 Å². The van der Waals surface area contributed by atoms with Crippen LogP contribution in [0.25, 0.3) is 6.08 Å². The number of rotatable bonds is 3. The van der Waals surface area contributed by atoms with Crippen LogP contribution in [0, 0.1) is 11.6 Å². The highest BCUT2D eigenvalue weighted by atomic mass is 19.1. The highest BCUT2D eigenvalue weighted by molar-refractivity contribution is 5.60. The summed E-state index contributed by atoms with van der Waals surface area (Å²) < 4.78 is 26.2. The molecule has 0 saturated heterocycles. The summed E-state index contributed by atoms with van der Waals surface area (Å²) in [6, 6.07) is 2.06. The van der Waals surface area contributed by atoms with Gasteiger partial charge in [-0.1, -0.05) is 12.2 Å². The van der Waals surface area contributed by atoms with Crippen molar-refractivity contribution in [3.63, 3.8) is 0 Å². The zero-order valence-corrected chi connectivity index (χ0v) is 7.34. The van der Waals surface area contributed by atoms with Crippen molar-refractivity contribution in [3.8, 4) is 0 Å². The van der Waals surface area contributed by atoms with Crippen LogP contribution < -0.4 is 5.73 Å². The Hall–Kier alpha value is -1.71. The van der Waals surface area contributed by atoms with Gasteiger partial charge in [-0.2, -0.15) is 0 Å². The first-order valence-electron chi connectivity index (χ1n) is 4.00. The maximum absolute atomic E-state index is 13.1. The Kier molecular flexibility index (Phi) is 3.34. The van der Waals surface area contributed by atoms with Crippen molar-refractivity contribution in [2.75, 3.05) is 5.73 Å². The van der Waals surface area contributed by atoms with E-state index in [1.807, 2.05) is 0 Å². The number of allylic oxidation sites excluding steroid dienone is 1. The van der Waals surface area contributed by atoms with E-state index in [0.717, 1.165) is 12.1 Å². The second-order valence-electron chi connectivity index (χ2n) is 2.70. The van der Waals surface area contributed by atoms with Crippen LogP contribution in [0.1, 0.15) is 12.0 Å². The molecule has 2 nitrogen and oxygen atoms in total. The van der Waals surface area contributed by atoms with E-state index in [0.29, 0.717) is 6.29 Å². The maximum Gasteiger partial charge on any atom is 0.135 e. The predicted molar refractivity (Wildman–Crippen MR) is 50.5 cm³/mol. The summed E-state index contributed by atoms with van der Waals surface area (Å²) in [5.41, 5.74) is 5.08. The molecule has 0 bridgehead atoms. The number of halogens is 2. The summed E-state index contributed by atoms with van der Waals surface area (Å²) in [4.78, 5) is 9.96. The first-order valence-corrected chi connectivity index (χ1v) is 4.00. The predicted octanol–water partition coefficient (Wildman–Crippen LogP) is 2.15. The molecule has 0 saturated carbocycles. The quantitative estimate of drug-likeness (QED) is 0.596. The lowest BCUT2D eigenvalue weighted by atomic mass is 10.1. The molecule has 0 aliphatic carbocycles. The Balaban J connectivity index is 3.02. The highest BCUT2D eigenvalue weighted by Crippen LogP contribution is 2.18. The molecule has 0 aliphatic heterocycles. The van der Waals surface area contributed by atoms with Crippen molar-refractivity contribution < 1.29 is 13.6 Å². The summed E-state index contributed by atoms with van der Waals surface area (Å²) in [5.74, 6) is -1.46. The van der Waals surface area contributed by atoms with Gasteiger partial charge in [0.15, 0.2) is 0 Å². The van der Waals surface area contributed by atoms with Gasteiger partial charge in [0.25, 0.3) is 0 Å². The number of benzene rings is 1. The molecule has 0 aliphatic rings. The Labute approximate surface area is 80.0 Å². The first-order chi connectivity index (χ1) is 6.65. The lowest BCUT2D eigenvalue weighted by Gasteiger charge is -2.00. The molecule has 74 valence electrons. The van der Waals surface area contributed by atoms with E-state index in [1.54, 1.807) is 0 Å². The molecule has 1 aromatic carbocycles. The molecular formula is C10H9F2NO. The highest BCUT2D eigenvalue weighted by Gasteiger charge is 2.06. The molecule has 1 aromatic rings. The molecule has 2 N–H and O–H groups in total. The van der Waals surface area contributed by atoms with Gasteiger partial charge in [-0.3, -0.25) is 0 Å². The third-order valence-electron chi connectivity index (χ3n) is 1.62. The fraction of sp³-hybridized carbons (Fsp3) is 0.100. The number of nitrogens with two attached hydrogens (primary N) is 1. The Morgan fingerprint density at radius 3 is 2.36 bits per heavy atom. The summed E-state index contributed by atoms with van der Waals surface area (Å²) >= 11 is 0. The average molecular weight is 197 g/mol. The number of anilines is 1. The van der Waals surface area contributed by atoms with Crippen LogP contribution in [0.3, 0.4) is 0 Å². The second kappa shape index (κ2) is 4.50. The number of hydrogen-bond donors (Lipinski definition) is 1. The van der Waals surface area contributed by atoms with Gasteiger partial charge < -0.3 is 10.5 Å². The van der Waals surface area contributed by atoms with Crippen molar-refractivity contribution in [3.05, 3.63) is 35.4 Å². The molecule has 0 amide bonds. The SMILES string of the molecule is Nc1cc(F)c(C=CCC=O)c(F)c1. The Morgan fingerprint density at radius 2 is 1.86 bits per heavy atom. The Morgan fingerprint density at radius 1 is 1.29 bits per heavy atom. The summed E-state index contributed by atoms with van der Waals surface area (Å²) in [6.45, 7) is 0. The lowest BCUT2D eigenvalue weighted by Crippen LogP contribution is -1.93. The van der Waals surface area contributed by atoms with E-state index >= 15 is 0 Å². The molecule has 0 heterocycles. The van der Waals surface area contributed by atoms with Gasteiger partial charge >= 0.3 is 0 Å². The van der Waals surface area contributed by atoms with Crippen molar-refractivity contribution in [2.45, 2.75) is 6.42 Å². The zero-order chi connectivity index (χ0) is 10.6. The molecule has 14 heavy (non-hydrogen) atoms. The smallest absolute Gasteiger partial charge is 0.135 e. The number of nitrogen functional groups attached to an aromatic ring is 1. The molecule has 0 unspecified atom stereocenters. The molecule has 0 spiro atoms. The molecular weight excluding hydrogens is 188 g/mol. The van der Waals surface area contributed by atoms with Crippen LogP contribution in [0.5, 0.6) is 0 Å². The zero-order valence-electron chi connectivity index (χ0n) is 7.34. The fourth-order valence-corrected chi connectivity index (χ4v) is 1.00. The number of carbonyl (C=O) groups is 1. The lowest BCUT2D eigenvalue weighted by molar-refractivity contribution is -0.107. The molecule has 0 fully saturated rings. The molecule has 0 aromatic heterocycles. The van der Waals surface area contributed by atoms with Gasteiger partial charge in [-0.15, -0.1) is 0 Å².